The topological polar surface area (TPSA) is 33.6 Å². The van der Waals surface area contributed by atoms with Gasteiger partial charge in [0, 0.05) is 0 Å². The van der Waals surface area contributed by atoms with E-state index in [9.17, 15) is 0 Å². The number of hydrogen-bond donors (Lipinski definition) is 1. The predicted octanol–water partition coefficient (Wildman–Crippen LogP) is 2.66. The predicted molar refractivity (Wildman–Crippen MR) is 73.0 cm³/mol. The van der Waals surface area contributed by atoms with Gasteiger partial charge in [0.1, 0.15) is 6.61 Å². The maximum atomic E-state index is 5.48. The molecule has 96 valence electrons. The van der Waals surface area contributed by atoms with Crippen molar-refractivity contribution in [1.29, 1.82) is 0 Å². The van der Waals surface area contributed by atoms with E-state index in [1.807, 2.05) is 0 Å². The Balaban J connectivity index is 2.00. The van der Waals surface area contributed by atoms with Crippen molar-refractivity contribution in [2.24, 2.45) is 4.99 Å². The molecule has 1 aromatic rings. The molecule has 0 amide bonds. The maximum absolute atomic E-state index is 5.48. The molecule has 0 bridgehead atoms. The second-order valence-electron chi connectivity index (χ2n) is 5.21. The van der Waals surface area contributed by atoms with Crippen molar-refractivity contribution < 1.29 is 4.74 Å². The van der Waals surface area contributed by atoms with Gasteiger partial charge >= 0.3 is 0 Å². The molecule has 1 heterocycles. The molecule has 2 aliphatic rings. The van der Waals surface area contributed by atoms with E-state index in [1.165, 1.54) is 35.1 Å². The monoisotopic (exact) mass is 244 g/mol. The van der Waals surface area contributed by atoms with Crippen LogP contribution in [0.5, 0.6) is 0 Å². The Morgan fingerprint density at radius 2 is 2.11 bits per heavy atom. The number of rotatable bonds is 1. The van der Waals surface area contributed by atoms with Crippen molar-refractivity contribution in [3.63, 3.8) is 0 Å². The third kappa shape index (κ3) is 1.98. The third-order valence-corrected chi connectivity index (χ3v) is 3.94. The summed E-state index contributed by atoms with van der Waals surface area (Å²) in [5.74, 6) is 0. The van der Waals surface area contributed by atoms with Gasteiger partial charge in [-0.1, -0.05) is 12.1 Å². The first-order valence-electron chi connectivity index (χ1n) is 6.79. The molecular formula is C15H20N2O. The molecule has 1 saturated heterocycles. The third-order valence-electron chi connectivity index (χ3n) is 3.94. The van der Waals surface area contributed by atoms with Gasteiger partial charge in [-0.15, -0.1) is 0 Å². The number of ether oxygens (including phenoxy) is 1. The highest BCUT2D eigenvalue weighted by Gasteiger charge is 2.24. The smallest absolute Gasteiger partial charge is 0.285 e. The van der Waals surface area contributed by atoms with Crippen LogP contribution in [0.4, 0.5) is 0 Å². The second kappa shape index (κ2) is 4.63. The molecule has 0 saturated carbocycles. The van der Waals surface area contributed by atoms with E-state index in [2.05, 4.69) is 31.3 Å². The molecule has 1 fully saturated rings. The van der Waals surface area contributed by atoms with Crippen LogP contribution >= 0.6 is 0 Å². The van der Waals surface area contributed by atoms with E-state index in [4.69, 9.17) is 9.73 Å². The Kier molecular flexibility index (Phi) is 2.98. The zero-order valence-corrected chi connectivity index (χ0v) is 11.1. The van der Waals surface area contributed by atoms with Crippen LogP contribution in [0, 0.1) is 13.8 Å². The van der Waals surface area contributed by atoms with E-state index in [0.717, 1.165) is 25.6 Å². The summed E-state index contributed by atoms with van der Waals surface area (Å²) in [6.07, 6.45) is 3.54. The minimum atomic E-state index is 0.272. The lowest BCUT2D eigenvalue weighted by Gasteiger charge is -2.26. The average molecular weight is 244 g/mol. The number of hydrogen-bond acceptors (Lipinski definition) is 2. The molecule has 3 heteroatoms. The molecule has 1 unspecified atom stereocenters. The Morgan fingerprint density at radius 1 is 1.28 bits per heavy atom. The van der Waals surface area contributed by atoms with Crippen LogP contribution in [0.3, 0.4) is 0 Å². The van der Waals surface area contributed by atoms with Gasteiger partial charge in [0.15, 0.2) is 0 Å². The summed E-state index contributed by atoms with van der Waals surface area (Å²) in [6.45, 7) is 6.02. The van der Waals surface area contributed by atoms with Crippen LogP contribution in [0.1, 0.15) is 41.1 Å². The Bertz CT molecular complexity index is 486. The van der Waals surface area contributed by atoms with E-state index in [-0.39, 0.29) is 6.04 Å². The van der Waals surface area contributed by atoms with Crippen LogP contribution in [0.15, 0.2) is 17.1 Å². The summed E-state index contributed by atoms with van der Waals surface area (Å²) in [5.41, 5.74) is 5.71. The van der Waals surface area contributed by atoms with Gasteiger partial charge in [0.05, 0.1) is 12.6 Å². The van der Waals surface area contributed by atoms with E-state index >= 15 is 0 Å². The maximum Gasteiger partial charge on any atom is 0.285 e. The minimum Gasteiger partial charge on any atom is -0.463 e. The molecular weight excluding hydrogens is 224 g/mol. The lowest BCUT2D eigenvalue weighted by Crippen LogP contribution is -2.19. The van der Waals surface area contributed by atoms with E-state index in [0.29, 0.717) is 0 Å². The lowest BCUT2D eigenvalue weighted by molar-refractivity contribution is 0.347. The zero-order valence-electron chi connectivity index (χ0n) is 11.1. The van der Waals surface area contributed by atoms with Gasteiger partial charge in [-0.3, -0.25) is 0 Å². The molecule has 0 aromatic heterocycles. The minimum absolute atomic E-state index is 0.272. The molecule has 18 heavy (non-hydrogen) atoms. The summed E-state index contributed by atoms with van der Waals surface area (Å²) in [7, 11) is 0. The molecule has 3 nitrogen and oxygen atoms in total. The Hall–Kier alpha value is -1.51. The van der Waals surface area contributed by atoms with Crippen LogP contribution in [-0.2, 0) is 11.2 Å². The fraction of sp³-hybridized carbons (Fsp3) is 0.533. The first-order valence-corrected chi connectivity index (χ1v) is 6.79. The lowest BCUT2D eigenvalue weighted by atomic mass is 9.83. The summed E-state index contributed by atoms with van der Waals surface area (Å²) in [5, 5.41) is 3.20. The number of nitrogens with one attached hydrogen (secondary N) is 1. The quantitative estimate of drug-likeness (QED) is 0.824. The zero-order chi connectivity index (χ0) is 12.5. The van der Waals surface area contributed by atoms with Crippen LogP contribution in [0.25, 0.3) is 0 Å². The number of amidine groups is 1. The fourth-order valence-electron chi connectivity index (χ4n) is 3.01. The van der Waals surface area contributed by atoms with Crippen molar-refractivity contribution in [2.75, 3.05) is 13.2 Å². The summed E-state index contributed by atoms with van der Waals surface area (Å²) in [4.78, 5) is 4.76. The summed E-state index contributed by atoms with van der Waals surface area (Å²) in [6, 6.07) is 5.45. The fourth-order valence-corrected chi connectivity index (χ4v) is 3.01. The highest BCUT2D eigenvalue weighted by atomic mass is 16.5. The number of aryl methyl sites for hydroxylation is 2. The number of fused-ring (bicyclic) bond motifs is 1. The molecule has 1 aliphatic carbocycles. The number of nitrogens with zero attached hydrogens (tertiary/aromatic N) is 1. The van der Waals surface area contributed by atoms with E-state index < -0.39 is 0 Å². The number of aliphatic imine (C=N–C) groups is 1. The molecule has 0 radical (unpaired) electrons. The SMILES string of the molecule is Cc1ccc(C)c2c1CCCC2/N=C1/NCCO1. The van der Waals surface area contributed by atoms with Gasteiger partial charge in [-0.25, -0.2) is 4.99 Å². The Labute approximate surface area is 108 Å². The Morgan fingerprint density at radius 3 is 2.89 bits per heavy atom. The average Bonchev–Trinajstić information content (AvgIpc) is 2.87. The van der Waals surface area contributed by atoms with Crippen LogP contribution in [0.2, 0.25) is 0 Å². The van der Waals surface area contributed by atoms with Crippen molar-refractivity contribution in [3.05, 3.63) is 34.4 Å². The summed E-state index contributed by atoms with van der Waals surface area (Å²) < 4.78 is 5.48. The van der Waals surface area contributed by atoms with Crippen molar-refractivity contribution >= 4 is 6.02 Å². The first kappa shape index (κ1) is 11.6. The highest BCUT2D eigenvalue weighted by molar-refractivity contribution is 5.75. The molecule has 3 rings (SSSR count). The van der Waals surface area contributed by atoms with Gasteiger partial charge in [-0.05, 0) is 55.4 Å². The molecule has 0 spiro atoms. The van der Waals surface area contributed by atoms with Gasteiger partial charge in [0.25, 0.3) is 6.02 Å². The molecule has 1 atom stereocenters. The first-order chi connectivity index (χ1) is 8.75. The van der Waals surface area contributed by atoms with Crippen LogP contribution < -0.4 is 5.32 Å². The largest absolute Gasteiger partial charge is 0.463 e. The standard InChI is InChI=1S/C15H20N2O/c1-10-6-7-11(2)14-12(10)4-3-5-13(14)17-15-16-8-9-18-15/h6-7,13H,3-5,8-9H2,1-2H3,(H,16,17). The van der Waals surface area contributed by atoms with Gasteiger partial charge in [0.2, 0.25) is 0 Å². The van der Waals surface area contributed by atoms with Gasteiger partial charge < -0.3 is 10.1 Å². The van der Waals surface area contributed by atoms with Crippen molar-refractivity contribution in [1.82, 2.24) is 5.32 Å². The van der Waals surface area contributed by atoms with Gasteiger partial charge in [-0.2, -0.15) is 0 Å². The molecule has 1 aliphatic heterocycles. The van der Waals surface area contributed by atoms with Crippen LogP contribution in [-0.4, -0.2) is 19.2 Å². The molecule has 1 N–H and O–H groups in total. The number of benzene rings is 1. The van der Waals surface area contributed by atoms with Crippen molar-refractivity contribution in [2.45, 2.75) is 39.2 Å². The molecule has 1 aromatic carbocycles. The second-order valence-corrected chi connectivity index (χ2v) is 5.21. The van der Waals surface area contributed by atoms with Crippen molar-refractivity contribution in [3.8, 4) is 0 Å². The van der Waals surface area contributed by atoms with E-state index in [1.54, 1.807) is 0 Å². The summed E-state index contributed by atoms with van der Waals surface area (Å²) >= 11 is 0. The normalized spacial score (nSPS) is 24.6. The highest BCUT2D eigenvalue weighted by Crippen LogP contribution is 2.36.